The van der Waals surface area contributed by atoms with Gasteiger partial charge in [-0.25, -0.2) is 8.42 Å². The van der Waals surface area contributed by atoms with Crippen molar-refractivity contribution in [2.24, 2.45) is 0 Å². The number of hydrogen-bond donors (Lipinski definition) is 1. The molecule has 1 amide bonds. The highest BCUT2D eigenvalue weighted by Crippen LogP contribution is 2.34. The van der Waals surface area contributed by atoms with Crippen molar-refractivity contribution >= 4 is 27.5 Å². The highest BCUT2D eigenvalue weighted by molar-refractivity contribution is 7.89. The summed E-state index contributed by atoms with van der Waals surface area (Å²) in [5.74, 6) is 0.241. The molecular weight excluding hydrogens is 422 g/mol. The summed E-state index contributed by atoms with van der Waals surface area (Å²) in [5.41, 5.74) is 0.887. The third-order valence-electron chi connectivity index (χ3n) is 6.44. The molecule has 1 aromatic rings. The molecule has 1 heterocycles. The molecule has 1 saturated carbocycles. The van der Waals surface area contributed by atoms with Gasteiger partial charge in [-0.2, -0.15) is 4.31 Å². The lowest BCUT2D eigenvalue weighted by Gasteiger charge is -2.49. The van der Waals surface area contributed by atoms with E-state index < -0.39 is 10.0 Å². The summed E-state index contributed by atoms with van der Waals surface area (Å²) in [4.78, 5) is 15.0. The summed E-state index contributed by atoms with van der Waals surface area (Å²) in [6.07, 6.45) is 6.63. The zero-order valence-electron chi connectivity index (χ0n) is 17.9. The Bertz CT molecular complexity index is 799. The van der Waals surface area contributed by atoms with Crippen molar-refractivity contribution in [3.8, 4) is 0 Å². The Morgan fingerprint density at radius 1 is 1.07 bits per heavy atom. The number of carbonyl (C=O) groups is 1. The fourth-order valence-electron chi connectivity index (χ4n) is 4.76. The molecule has 3 rings (SSSR count). The molecule has 2 fully saturated rings. The van der Waals surface area contributed by atoms with Crippen molar-refractivity contribution in [3.63, 3.8) is 0 Å². The molecule has 1 saturated heterocycles. The molecule has 0 spiro atoms. The molecule has 1 aliphatic heterocycles. The minimum atomic E-state index is -3.14. The van der Waals surface area contributed by atoms with Crippen molar-refractivity contribution in [1.29, 1.82) is 0 Å². The maximum Gasteiger partial charge on any atom is 0.224 e. The second kappa shape index (κ2) is 10.4. The summed E-state index contributed by atoms with van der Waals surface area (Å²) in [6.45, 7) is 5.08. The largest absolute Gasteiger partial charge is 0.354 e. The van der Waals surface area contributed by atoms with Crippen LogP contribution in [-0.4, -0.2) is 67.5 Å². The number of nitrogens with one attached hydrogen (secondary N) is 1. The van der Waals surface area contributed by atoms with E-state index in [9.17, 15) is 13.2 Å². The van der Waals surface area contributed by atoms with Crippen LogP contribution in [0.3, 0.4) is 0 Å². The first-order valence-electron chi connectivity index (χ1n) is 11.1. The average Bonchev–Trinajstić information content (AvgIpc) is 2.75. The number of nitrogens with zero attached hydrogens (tertiary/aromatic N) is 2. The van der Waals surface area contributed by atoms with Crippen LogP contribution in [0.25, 0.3) is 0 Å². The van der Waals surface area contributed by atoms with Gasteiger partial charge < -0.3 is 5.32 Å². The summed E-state index contributed by atoms with van der Waals surface area (Å²) in [6, 6.07) is 7.38. The lowest BCUT2D eigenvalue weighted by atomic mass is 9.79. The molecule has 30 heavy (non-hydrogen) atoms. The zero-order chi connectivity index (χ0) is 21.6. The Morgan fingerprint density at radius 2 is 1.70 bits per heavy atom. The standard InChI is InChI=1S/C22H34ClN3O3S/c1-2-16-30(28,29)26-14-12-25(13-15-26)22(10-4-3-5-11-22)18-24-21(27)17-19-6-8-20(23)9-7-19/h6-9H,2-5,10-18H2,1H3,(H,24,27). The van der Waals surface area contributed by atoms with Gasteiger partial charge in [0.25, 0.3) is 0 Å². The van der Waals surface area contributed by atoms with Gasteiger partial charge in [0, 0.05) is 43.3 Å². The molecule has 1 N–H and O–H groups in total. The van der Waals surface area contributed by atoms with Gasteiger partial charge in [-0.15, -0.1) is 0 Å². The minimum Gasteiger partial charge on any atom is -0.354 e. The lowest BCUT2D eigenvalue weighted by molar-refractivity contribution is -0.121. The average molecular weight is 456 g/mol. The first-order valence-corrected chi connectivity index (χ1v) is 13.1. The molecular formula is C22H34ClN3O3S. The number of sulfonamides is 1. The van der Waals surface area contributed by atoms with Gasteiger partial charge in [-0.1, -0.05) is 49.9 Å². The van der Waals surface area contributed by atoms with Gasteiger partial charge in [-0.05, 0) is 37.0 Å². The molecule has 1 aliphatic carbocycles. The number of halogens is 1. The van der Waals surface area contributed by atoms with Gasteiger partial charge >= 0.3 is 0 Å². The van der Waals surface area contributed by atoms with Crippen LogP contribution in [0.2, 0.25) is 5.02 Å². The van der Waals surface area contributed by atoms with Crippen LogP contribution in [0.15, 0.2) is 24.3 Å². The van der Waals surface area contributed by atoms with Gasteiger partial charge in [-0.3, -0.25) is 9.69 Å². The van der Waals surface area contributed by atoms with Crippen LogP contribution < -0.4 is 5.32 Å². The van der Waals surface area contributed by atoms with Gasteiger partial charge in [0.15, 0.2) is 0 Å². The minimum absolute atomic E-state index is 0.0198. The highest BCUT2D eigenvalue weighted by atomic mass is 35.5. The fourth-order valence-corrected chi connectivity index (χ4v) is 6.38. The molecule has 0 unspecified atom stereocenters. The summed E-state index contributed by atoms with van der Waals surface area (Å²) in [7, 11) is -3.14. The number of hydrogen-bond acceptors (Lipinski definition) is 4. The molecule has 0 bridgehead atoms. The van der Waals surface area contributed by atoms with Crippen molar-refractivity contribution < 1.29 is 13.2 Å². The number of benzene rings is 1. The third-order valence-corrected chi connectivity index (χ3v) is 8.77. The maximum absolute atomic E-state index is 12.6. The number of piperazine rings is 1. The Morgan fingerprint density at radius 3 is 2.30 bits per heavy atom. The van der Waals surface area contributed by atoms with Crippen LogP contribution >= 0.6 is 11.6 Å². The van der Waals surface area contributed by atoms with Crippen molar-refractivity contribution in [1.82, 2.24) is 14.5 Å². The van der Waals surface area contributed by atoms with E-state index in [-0.39, 0.29) is 17.2 Å². The topological polar surface area (TPSA) is 69.7 Å². The second-order valence-electron chi connectivity index (χ2n) is 8.57. The third kappa shape index (κ3) is 5.96. The Balaban J connectivity index is 1.59. The van der Waals surface area contributed by atoms with E-state index in [1.54, 1.807) is 16.4 Å². The van der Waals surface area contributed by atoms with E-state index in [2.05, 4.69) is 10.2 Å². The number of rotatable bonds is 8. The molecule has 168 valence electrons. The Hall–Kier alpha value is -1.15. The molecule has 0 atom stereocenters. The van der Waals surface area contributed by atoms with E-state index in [0.29, 0.717) is 37.5 Å². The fraction of sp³-hybridized carbons (Fsp3) is 0.682. The van der Waals surface area contributed by atoms with Crippen molar-refractivity contribution in [2.75, 3.05) is 38.5 Å². The van der Waals surface area contributed by atoms with Crippen LogP contribution in [0, 0.1) is 0 Å². The Labute approximate surface area is 186 Å². The predicted molar refractivity (Wildman–Crippen MR) is 121 cm³/mol. The molecule has 6 nitrogen and oxygen atoms in total. The summed E-state index contributed by atoms with van der Waals surface area (Å²) in [5, 5.41) is 3.84. The lowest BCUT2D eigenvalue weighted by Crippen LogP contribution is -2.62. The quantitative estimate of drug-likeness (QED) is 0.654. The van der Waals surface area contributed by atoms with Gasteiger partial charge in [0.2, 0.25) is 15.9 Å². The van der Waals surface area contributed by atoms with E-state index >= 15 is 0 Å². The SMILES string of the molecule is CCCS(=O)(=O)N1CCN(C2(CNC(=O)Cc3ccc(Cl)cc3)CCCCC2)CC1. The number of carbonyl (C=O) groups excluding carboxylic acids is 1. The first kappa shape index (κ1) is 23.5. The summed E-state index contributed by atoms with van der Waals surface area (Å²) >= 11 is 5.92. The van der Waals surface area contributed by atoms with E-state index in [4.69, 9.17) is 11.6 Å². The smallest absolute Gasteiger partial charge is 0.224 e. The summed E-state index contributed by atoms with van der Waals surface area (Å²) < 4.78 is 26.4. The monoisotopic (exact) mass is 455 g/mol. The van der Waals surface area contributed by atoms with Crippen LogP contribution in [0.4, 0.5) is 0 Å². The van der Waals surface area contributed by atoms with Crippen LogP contribution in [0.5, 0.6) is 0 Å². The van der Waals surface area contributed by atoms with E-state index in [0.717, 1.165) is 44.3 Å². The van der Waals surface area contributed by atoms with Crippen molar-refractivity contribution in [3.05, 3.63) is 34.9 Å². The normalized spacial score (nSPS) is 20.7. The molecule has 2 aliphatic rings. The van der Waals surface area contributed by atoms with Gasteiger partial charge in [0.1, 0.15) is 0 Å². The van der Waals surface area contributed by atoms with Crippen LogP contribution in [-0.2, 0) is 21.2 Å². The van der Waals surface area contributed by atoms with Crippen LogP contribution in [0.1, 0.15) is 51.0 Å². The Kier molecular flexibility index (Phi) is 8.18. The highest BCUT2D eigenvalue weighted by Gasteiger charge is 2.40. The molecule has 0 aromatic heterocycles. The maximum atomic E-state index is 12.6. The van der Waals surface area contributed by atoms with E-state index in [1.165, 1.54) is 6.42 Å². The zero-order valence-corrected chi connectivity index (χ0v) is 19.5. The van der Waals surface area contributed by atoms with E-state index in [1.807, 2.05) is 19.1 Å². The predicted octanol–water partition coefficient (Wildman–Crippen LogP) is 3.06. The second-order valence-corrected chi connectivity index (χ2v) is 11.1. The molecule has 8 heteroatoms. The first-order chi connectivity index (χ1) is 14.3. The van der Waals surface area contributed by atoms with Crippen molar-refractivity contribution in [2.45, 2.75) is 57.4 Å². The van der Waals surface area contributed by atoms with Gasteiger partial charge in [0.05, 0.1) is 12.2 Å². The number of amides is 1. The molecule has 0 radical (unpaired) electrons. The molecule has 1 aromatic carbocycles.